The smallest absolute Gasteiger partial charge is 0.330 e. The van der Waals surface area contributed by atoms with Crippen molar-refractivity contribution in [3.63, 3.8) is 0 Å². The van der Waals surface area contributed by atoms with E-state index < -0.39 is 29.4 Å². The van der Waals surface area contributed by atoms with Gasteiger partial charge in [0, 0.05) is 6.42 Å². The second-order valence-electron chi connectivity index (χ2n) is 3.32. The van der Waals surface area contributed by atoms with E-state index in [0.29, 0.717) is 0 Å². The zero-order chi connectivity index (χ0) is 11.0. The number of hydrogen-bond donors (Lipinski definition) is 2. The Kier molecular flexibility index (Phi) is 2.41. The van der Waals surface area contributed by atoms with E-state index in [0.717, 1.165) is 10.8 Å². The van der Waals surface area contributed by atoms with Gasteiger partial charge in [0.15, 0.2) is 0 Å². The fourth-order valence-corrected chi connectivity index (χ4v) is 1.46. The Hall–Kier alpha value is -1.47. The first-order chi connectivity index (χ1) is 7.08. The molecular weight excluding hydrogens is 207 g/mol. The maximum Gasteiger partial charge on any atom is 0.330 e. The summed E-state index contributed by atoms with van der Waals surface area (Å²) in [4.78, 5) is 23.8. The standard InChI is InChI=1S/C8H9FN2O4/c9-5-2-11(8(14)10-7(5)13)6-1-4(12)3-15-6/h2,4,6,12H,1,3H2,(H,10,13,14)/t4-,6-/m0/s1. The molecule has 0 aromatic carbocycles. The Morgan fingerprint density at radius 2 is 2.33 bits per heavy atom. The summed E-state index contributed by atoms with van der Waals surface area (Å²) in [6.45, 7) is 0.0951. The number of nitrogens with zero attached hydrogens (tertiary/aromatic N) is 1. The highest BCUT2D eigenvalue weighted by atomic mass is 19.1. The number of ether oxygens (including phenoxy) is 1. The molecule has 0 spiro atoms. The predicted octanol–water partition coefficient (Wildman–Crippen LogP) is -1.04. The van der Waals surface area contributed by atoms with Gasteiger partial charge in [0.2, 0.25) is 5.82 Å². The van der Waals surface area contributed by atoms with Gasteiger partial charge in [-0.15, -0.1) is 0 Å². The average molecular weight is 216 g/mol. The lowest BCUT2D eigenvalue weighted by atomic mass is 10.3. The first-order valence-corrected chi connectivity index (χ1v) is 4.38. The highest BCUT2D eigenvalue weighted by molar-refractivity contribution is 4.89. The number of aliphatic hydroxyl groups excluding tert-OH is 1. The molecule has 82 valence electrons. The Morgan fingerprint density at radius 1 is 1.60 bits per heavy atom. The molecule has 2 atom stereocenters. The highest BCUT2D eigenvalue weighted by Crippen LogP contribution is 2.21. The van der Waals surface area contributed by atoms with E-state index in [1.54, 1.807) is 0 Å². The molecule has 0 saturated carbocycles. The zero-order valence-corrected chi connectivity index (χ0v) is 7.64. The van der Waals surface area contributed by atoms with Crippen LogP contribution in [0.4, 0.5) is 4.39 Å². The largest absolute Gasteiger partial charge is 0.391 e. The van der Waals surface area contributed by atoms with Gasteiger partial charge in [-0.2, -0.15) is 4.39 Å². The van der Waals surface area contributed by atoms with Crippen molar-refractivity contribution in [2.24, 2.45) is 0 Å². The molecule has 1 saturated heterocycles. The monoisotopic (exact) mass is 216 g/mol. The van der Waals surface area contributed by atoms with E-state index in [4.69, 9.17) is 9.84 Å². The Morgan fingerprint density at radius 3 is 2.93 bits per heavy atom. The second-order valence-corrected chi connectivity index (χ2v) is 3.32. The lowest BCUT2D eigenvalue weighted by molar-refractivity contribution is 0.0439. The minimum Gasteiger partial charge on any atom is -0.391 e. The number of halogens is 1. The molecule has 0 radical (unpaired) electrons. The minimum atomic E-state index is -1.06. The second kappa shape index (κ2) is 3.59. The van der Waals surface area contributed by atoms with Crippen LogP contribution >= 0.6 is 0 Å². The van der Waals surface area contributed by atoms with Crippen LogP contribution in [-0.2, 0) is 4.74 Å². The van der Waals surface area contributed by atoms with Crippen molar-refractivity contribution in [2.45, 2.75) is 18.8 Å². The van der Waals surface area contributed by atoms with Crippen LogP contribution in [0.1, 0.15) is 12.6 Å². The van der Waals surface area contributed by atoms with Gasteiger partial charge in [-0.25, -0.2) is 4.79 Å². The van der Waals surface area contributed by atoms with E-state index in [1.807, 2.05) is 4.98 Å². The Balaban J connectivity index is 2.41. The minimum absolute atomic E-state index is 0.0951. The molecule has 7 heteroatoms. The van der Waals surface area contributed by atoms with Crippen LogP contribution in [0.3, 0.4) is 0 Å². The van der Waals surface area contributed by atoms with Gasteiger partial charge in [0.05, 0.1) is 18.9 Å². The summed E-state index contributed by atoms with van der Waals surface area (Å²) >= 11 is 0. The molecule has 15 heavy (non-hydrogen) atoms. The summed E-state index contributed by atoms with van der Waals surface area (Å²) in [5.74, 6) is -1.06. The van der Waals surface area contributed by atoms with E-state index in [-0.39, 0.29) is 13.0 Å². The molecule has 2 heterocycles. The van der Waals surface area contributed by atoms with Gasteiger partial charge >= 0.3 is 5.69 Å². The third kappa shape index (κ3) is 1.83. The predicted molar refractivity (Wildman–Crippen MR) is 46.9 cm³/mol. The van der Waals surface area contributed by atoms with E-state index in [9.17, 15) is 14.0 Å². The van der Waals surface area contributed by atoms with Crippen molar-refractivity contribution in [3.05, 3.63) is 32.9 Å². The van der Waals surface area contributed by atoms with Crippen molar-refractivity contribution >= 4 is 0 Å². The SMILES string of the molecule is O=c1[nH]c(=O)n([C@@H]2C[C@H](O)CO2)cc1F. The molecular formula is C8H9FN2O4. The van der Waals surface area contributed by atoms with E-state index in [1.165, 1.54) is 0 Å². The lowest BCUT2D eigenvalue weighted by Gasteiger charge is -2.11. The van der Waals surface area contributed by atoms with Gasteiger partial charge < -0.3 is 9.84 Å². The first-order valence-electron chi connectivity index (χ1n) is 4.38. The maximum atomic E-state index is 12.9. The molecule has 2 N–H and O–H groups in total. The van der Waals surface area contributed by atoms with Crippen LogP contribution in [0.5, 0.6) is 0 Å². The summed E-state index contributed by atoms with van der Waals surface area (Å²) < 4.78 is 18.9. The molecule has 2 rings (SSSR count). The van der Waals surface area contributed by atoms with Gasteiger partial charge in [-0.1, -0.05) is 0 Å². The van der Waals surface area contributed by atoms with E-state index >= 15 is 0 Å². The lowest BCUT2D eigenvalue weighted by Crippen LogP contribution is -2.33. The molecule has 1 aliphatic rings. The van der Waals surface area contributed by atoms with Gasteiger partial charge in [0.25, 0.3) is 5.56 Å². The van der Waals surface area contributed by atoms with Crippen LogP contribution < -0.4 is 11.2 Å². The first kappa shape index (κ1) is 10.1. The third-order valence-corrected chi connectivity index (χ3v) is 2.19. The number of H-pyrrole nitrogens is 1. The number of aromatic amines is 1. The number of aliphatic hydroxyl groups is 1. The summed E-state index contributed by atoms with van der Waals surface area (Å²) in [5, 5.41) is 9.17. The topological polar surface area (TPSA) is 84.3 Å². The summed E-state index contributed by atoms with van der Waals surface area (Å²) in [5.41, 5.74) is -1.81. The van der Waals surface area contributed by atoms with Crippen molar-refractivity contribution < 1.29 is 14.2 Å². The summed E-state index contributed by atoms with van der Waals surface area (Å²) in [6.07, 6.45) is -0.411. The number of hydrogen-bond acceptors (Lipinski definition) is 4. The number of rotatable bonds is 1. The molecule has 0 unspecified atom stereocenters. The van der Waals surface area contributed by atoms with Crippen LogP contribution in [-0.4, -0.2) is 27.4 Å². The quantitative estimate of drug-likeness (QED) is 0.627. The highest BCUT2D eigenvalue weighted by Gasteiger charge is 2.26. The fourth-order valence-electron chi connectivity index (χ4n) is 1.46. The summed E-state index contributed by atoms with van der Waals surface area (Å²) in [6, 6.07) is 0. The van der Waals surface area contributed by atoms with Crippen LogP contribution in [0.2, 0.25) is 0 Å². The summed E-state index contributed by atoms with van der Waals surface area (Å²) in [7, 11) is 0. The zero-order valence-electron chi connectivity index (χ0n) is 7.64. The maximum absolute atomic E-state index is 12.9. The number of nitrogens with one attached hydrogen (secondary N) is 1. The van der Waals surface area contributed by atoms with Crippen molar-refractivity contribution in [3.8, 4) is 0 Å². The van der Waals surface area contributed by atoms with Crippen LogP contribution in [0, 0.1) is 5.82 Å². The van der Waals surface area contributed by atoms with Gasteiger partial charge in [-0.3, -0.25) is 14.3 Å². The van der Waals surface area contributed by atoms with Gasteiger partial charge in [0.1, 0.15) is 6.23 Å². The molecule has 6 nitrogen and oxygen atoms in total. The third-order valence-electron chi connectivity index (χ3n) is 2.19. The molecule has 1 aromatic heterocycles. The Bertz CT molecular complexity index is 480. The van der Waals surface area contributed by atoms with Gasteiger partial charge in [-0.05, 0) is 0 Å². The molecule has 1 aliphatic heterocycles. The molecule has 1 fully saturated rings. The van der Waals surface area contributed by atoms with Crippen molar-refractivity contribution in [1.29, 1.82) is 0 Å². The molecule has 0 bridgehead atoms. The van der Waals surface area contributed by atoms with Crippen LogP contribution in [0.15, 0.2) is 15.8 Å². The van der Waals surface area contributed by atoms with Crippen molar-refractivity contribution in [2.75, 3.05) is 6.61 Å². The number of aromatic nitrogens is 2. The molecule has 1 aromatic rings. The fraction of sp³-hybridized carbons (Fsp3) is 0.500. The van der Waals surface area contributed by atoms with Crippen molar-refractivity contribution in [1.82, 2.24) is 9.55 Å². The normalized spacial score (nSPS) is 25.7. The van der Waals surface area contributed by atoms with Crippen LogP contribution in [0.25, 0.3) is 0 Å². The average Bonchev–Trinajstić information content (AvgIpc) is 2.58. The van der Waals surface area contributed by atoms with E-state index in [2.05, 4.69) is 0 Å². The molecule has 0 amide bonds. The molecule has 0 aliphatic carbocycles. The Labute approximate surface area is 82.9 Å².